The van der Waals surface area contributed by atoms with E-state index >= 15 is 4.79 Å². The second-order valence-corrected chi connectivity index (χ2v) is 25.2. The summed E-state index contributed by atoms with van der Waals surface area (Å²) in [6, 6.07) is 9.78. The van der Waals surface area contributed by atoms with Crippen LogP contribution in [0.2, 0.25) is 0 Å². The number of likely N-dealkylation sites (tertiary alicyclic amines) is 1. The molecule has 9 heteroatoms. The van der Waals surface area contributed by atoms with Gasteiger partial charge in [0, 0.05) is 25.6 Å². The summed E-state index contributed by atoms with van der Waals surface area (Å²) in [5, 5.41) is 0. The molecule has 0 bridgehead atoms. The van der Waals surface area contributed by atoms with E-state index in [0.29, 0.717) is 73.8 Å². The molecular weight excluding hydrogens is 815 g/mol. The molecule has 1 amide bonds. The van der Waals surface area contributed by atoms with Crippen molar-refractivity contribution < 1.29 is 38.1 Å². The number of nitrogens with zero attached hydrogens (tertiary/aromatic N) is 1. The predicted molar refractivity (Wildman–Crippen MR) is 251 cm³/mol. The Morgan fingerprint density at radius 2 is 1.35 bits per heavy atom. The van der Waals surface area contributed by atoms with E-state index in [0.717, 1.165) is 70.0 Å². The summed E-state index contributed by atoms with van der Waals surface area (Å²) in [7, 11) is 1.69. The van der Waals surface area contributed by atoms with Crippen LogP contribution >= 0.6 is 0 Å². The summed E-state index contributed by atoms with van der Waals surface area (Å²) < 4.78 is 29.3. The molecule has 0 aromatic heterocycles. The Morgan fingerprint density at radius 1 is 0.646 bits per heavy atom. The van der Waals surface area contributed by atoms with Crippen molar-refractivity contribution in [3.05, 3.63) is 35.9 Å². The lowest BCUT2D eigenvalue weighted by molar-refractivity contribution is -0.253. The van der Waals surface area contributed by atoms with Gasteiger partial charge in [-0.2, -0.15) is 0 Å². The number of amides is 1. The van der Waals surface area contributed by atoms with Gasteiger partial charge in [-0.1, -0.05) is 85.7 Å². The molecule has 3 unspecified atom stereocenters. The number of hydrogen-bond donors (Lipinski definition) is 0. The van der Waals surface area contributed by atoms with Crippen LogP contribution in [0.25, 0.3) is 0 Å². The number of carbonyl (C=O) groups excluding carboxylic acids is 3. The van der Waals surface area contributed by atoms with E-state index < -0.39 is 5.41 Å². The first-order valence-electron chi connectivity index (χ1n) is 26.2. The number of esters is 2. The van der Waals surface area contributed by atoms with Crippen molar-refractivity contribution in [3.8, 4) is 0 Å². The fourth-order valence-corrected chi connectivity index (χ4v) is 17.3. The number of fused-ring (bicyclic) bond motifs is 7. The molecule has 65 heavy (non-hydrogen) atoms. The number of rotatable bonds is 14. The quantitative estimate of drug-likeness (QED) is 0.134. The minimum Gasteiger partial charge on any atom is -0.462 e. The molecule has 362 valence electrons. The van der Waals surface area contributed by atoms with Crippen LogP contribution in [-0.4, -0.2) is 81.6 Å². The van der Waals surface area contributed by atoms with Crippen LogP contribution in [-0.2, 0) is 44.7 Å². The molecule has 8 aliphatic rings. The first-order valence-corrected chi connectivity index (χ1v) is 26.2. The van der Waals surface area contributed by atoms with Gasteiger partial charge in [0.05, 0.1) is 49.8 Å². The second kappa shape index (κ2) is 17.5. The van der Waals surface area contributed by atoms with Crippen LogP contribution in [0.15, 0.2) is 30.3 Å². The van der Waals surface area contributed by atoms with Crippen LogP contribution in [0.3, 0.4) is 0 Å². The van der Waals surface area contributed by atoms with E-state index in [1.165, 1.54) is 38.5 Å². The maximum absolute atomic E-state index is 15.3. The van der Waals surface area contributed by atoms with Gasteiger partial charge in [-0.05, 0) is 159 Å². The lowest BCUT2D eigenvalue weighted by atomic mass is 9.32. The number of carbonyl (C=O) groups is 3. The van der Waals surface area contributed by atoms with Gasteiger partial charge >= 0.3 is 11.9 Å². The van der Waals surface area contributed by atoms with Crippen LogP contribution in [0.4, 0.5) is 0 Å². The molecule has 12 atom stereocenters. The maximum Gasteiger partial charge on any atom is 0.309 e. The highest BCUT2D eigenvalue weighted by molar-refractivity contribution is 5.84. The topological polar surface area (TPSA) is 101 Å². The molecule has 0 spiro atoms. The Kier molecular flexibility index (Phi) is 12.8. The van der Waals surface area contributed by atoms with Gasteiger partial charge < -0.3 is 28.6 Å². The molecule has 1 aromatic carbocycles. The van der Waals surface area contributed by atoms with Crippen LogP contribution in [0, 0.1) is 79.3 Å². The van der Waals surface area contributed by atoms with E-state index in [1.54, 1.807) is 7.11 Å². The fraction of sp³-hybridized carbons (Fsp3) is 0.839. The highest BCUT2D eigenvalue weighted by Crippen LogP contribution is 2.79. The predicted octanol–water partition coefficient (Wildman–Crippen LogP) is 10.9. The molecule has 0 N–H and O–H groups in total. The summed E-state index contributed by atoms with van der Waals surface area (Å²) in [5.74, 6) is 2.25. The van der Waals surface area contributed by atoms with Crippen LogP contribution in [0.5, 0.6) is 0 Å². The molecule has 1 aliphatic heterocycles. The van der Waals surface area contributed by atoms with Gasteiger partial charge in [-0.15, -0.1) is 0 Å². The molecule has 1 aromatic rings. The molecular formula is C56H85NO8. The SMILES string of the molecule is COCCOCCOC1CCN(C(=O)[C@]23CCC(C4(C)CC4)[C@@H]2[C@H]2CCC4[C@@]5(C)CC[C@H](OC(=O)[C@H]6C[C@@H](C(=O)OCc7ccccc7)C6(C)C)C(C)(C)C5CC[C@@]4(C)[C@]2(C)CC3)CC1. The van der Waals surface area contributed by atoms with Gasteiger partial charge in [0.25, 0.3) is 0 Å². The van der Waals surface area contributed by atoms with Crippen molar-refractivity contribution in [2.75, 3.05) is 46.6 Å². The van der Waals surface area contributed by atoms with Crippen LogP contribution in [0.1, 0.15) is 157 Å². The highest BCUT2D eigenvalue weighted by atomic mass is 16.6. The Labute approximate surface area is 391 Å². The molecule has 7 aliphatic carbocycles. The maximum atomic E-state index is 15.3. The molecule has 0 radical (unpaired) electrons. The zero-order valence-corrected chi connectivity index (χ0v) is 41.9. The standard InChI is InChI=1S/C56H85NO8/c1-50(2)41(47(58)64-36-37-13-11-10-12-14-37)35-42(50)48(59)65-45-19-22-53(6)43(51(45,3)4)18-23-55(8)44(53)16-15-40-46-39(52(5)25-26-52)17-24-56(46,28-27-54(40,55)7)49(60)57-29-20-38(21-30-57)63-34-33-62-32-31-61-9/h10-14,38-46H,15-36H2,1-9H3/t39?,40-,41+,42-,43?,44?,45+,46-,53+,54-,55-,56+/m1/s1. The lowest BCUT2D eigenvalue weighted by Gasteiger charge is -2.73. The summed E-state index contributed by atoms with van der Waals surface area (Å²) in [4.78, 5) is 44.9. The second-order valence-electron chi connectivity index (χ2n) is 25.2. The minimum absolute atomic E-state index is 0.134. The molecule has 8 fully saturated rings. The molecule has 1 heterocycles. The molecule has 1 saturated heterocycles. The Hall–Kier alpha value is -2.49. The first-order chi connectivity index (χ1) is 30.9. The monoisotopic (exact) mass is 900 g/mol. The smallest absolute Gasteiger partial charge is 0.309 e. The zero-order valence-electron chi connectivity index (χ0n) is 41.9. The molecule has 9 rings (SSSR count). The number of hydrogen-bond acceptors (Lipinski definition) is 8. The van der Waals surface area contributed by atoms with Crippen LogP contribution < -0.4 is 0 Å². The van der Waals surface area contributed by atoms with E-state index in [9.17, 15) is 9.59 Å². The van der Waals surface area contributed by atoms with Gasteiger partial charge in [-0.3, -0.25) is 14.4 Å². The number of piperidine rings is 1. The van der Waals surface area contributed by atoms with Crippen molar-refractivity contribution in [1.82, 2.24) is 4.90 Å². The molecule has 9 nitrogen and oxygen atoms in total. The van der Waals surface area contributed by atoms with Crippen molar-refractivity contribution in [2.45, 2.75) is 171 Å². The minimum atomic E-state index is -0.512. The number of ether oxygens (including phenoxy) is 5. The lowest BCUT2D eigenvalue weighted by Crippen LogP contribution is -2.68. The zero-order chi connectivity index (χ0) is 46.2. The first kappa shape index (κ1) is 47.6. The normalized spacial score (nSPS) is 41.2. The molecule has 7 saturated carbocycles. The van der Waals surface area contributed by atoms with Crippen molar-refractivity contribution in [3.63, 3.8) is 0 Å². The van der Waals surface area contributed by atoms with E-state index in [1.807, 2.05) is 44.2 Å². The van der Waals surface area contributed by atoms with Crippen molar-refractivity contribution >= 4 is 17.8 Å². The van der Waals surface area contributed by atoms with E-state index in [4.69, 9.17) is 23.7 Å². The average molecular weight is 900 g/mol. The van der Waals surface area contributed by atoms with E-state index in [-0.39, 0.29) is 69.7 Å². The number of benzene rings is 1. The summed E-state index contributed by atoms with van der Waals surface area (Å²) in [5.41, 5.74) is 0.982. The third kappa shape index (κ3) is 7.86. The average Bonchev–Trinajstić information content (AvgIpc) is 3.89. The van der Waals surface area contributed by atoms with Gasteiger partial charge in [0.2, 0.25) is 5.91 Å². The largest absolute Gasteiger partial charge is 0.462 e. The Bertz CT molecular complexity index is 1900. The summed E-state index contributed by atoms with van der Waals surface area (Å²) in [6.45, 7) is 23.7. The number of methoxy groups -OCH3 is 1. The van der Waals surface area contributed by atoms with Gasteiger partial charge in [-0.25, -0.2) is 0 Å². The highest BCUT2D eigenvalue weighted by Gasteiger charge is 2.74. The van der Waals surface area contributed by atoms with E-state index in [2.05, 4.69) is 46.4 Å². The fourth-order valence-electron chi connectivity index (χ4n) is 17.3. The van der Waals surface area contributed by atoms with Crippen molar-refractivity contribution in [1.29, 1.82) is 0 Å². The Morgan fingerprint density at radius 3 is 2.05 bits per heavy atom. The van der Waals surface area contributed by atoms with Gasteiger partial charge in [0.1, 0.15) is 12.7 Å². The van der Waals surface area contributed by atoms with Crippen molar-refractivity contribution in [2.24, 2.45) is 79.3 Å². The Balaban J connectivity index is 0.864. The summed E-state index contributed by atoms with van der Waals surface area (Å²) >= 11 is 0. The third-order valence-corrected chi connectivity index (χ3v) is 21.8. The third-order valence-electron chi connectivity index (χ3n) is 21.8. The van der Waals surface area contributed by atoms with Gasteiger partial charge in [0.15, 0.2) is 0 Å². The summed E-state index contributed by atoms with van der Waals surface area (Å²) in [6.07, 6.45) is 16.3.